The number of piperidine rings is 1. The van der Waals surface area contributed by atoms with Crippen LogP contribution in [-0.4, -0.2) is 52.9 Å². The molecule has 1 heterocycles. The van der Waals surface area contributed by atoms with Crippen LogP contribution in [0.3, 0.4) is 0 Å². The van der Waals surface area contributed by atoms with Crippen molar-refractivity contribution in [1.29, 1.82) is 0 Å². The maximum atomic E-state index is 9.08. The topological polar surface area (TPSA) is 162 Å². The van der Waals surface area contributed by atoms with Gasteiger partial charge in [-0.1, -0.05) is 11.6 Å². The molecule has 0 amide bonds. The molecular weight excluding hydrogens is 384 g/mol. The minimum atomic E-state index is -3.27. The van der Waals surface area contributed by atoms with Crippen molar-refractivity contribution >= 4 is 35.7 Å². The third kappa shape index (κ3) is 6.70. The van der Waals surface area contributed by atoms with Crippen LogP contribution in [0.1, 0.15) is 36.8 Å². The molecule has 8 N–H and O–H groups in total. The van der Waals surface area contributed by atoms with Gasteiger partial charge in [-0.25, -0.2) is 9.98 Å². The Morgan fingerprint density at radius 3 is 2.54 bits per heavy atom. The van der Waals surface area contributed by atoms with Crippen molar-refractivity contribution < 1.29 is 15.3 Å². The van der Waals surface area contributed by atoms with Gasteiger partial charge in [0.1, 0.15) is 0 Å². The molecule has 1 aromatic carbocycles. The summed E-state index contributed by atoms with van der Waals surface area (Å²) in [5, 5.41) is 31.1. The van der Waals surface area contributed by atoms with Crippen LogP contribution in [-0.2, 0) is 0 Å². The average molecular weight is 409 g/mol. The second kappa shape index (κ2) is 9.76. The fourth-order valence-electron chi connectivity index (χ4n) is 2.93. The summed E-state index contributed by atoms with van der Waals surface area (Å²) in [6, 6.07) is 3.59. The van der Waals surface area contributed by atoms with E-state index in [4.69, 9.17) is 38.4 Å². The highest BCUT2D eigenvalue weighted by Crippen LogP contribution is 2.35. The van der Waals surface area contributed by atoms with Crippen molar-refractivity contribution in [3.8, 4) is 0 Å². The molecule has 0 aliphatic carbocycles. The van der Waals surface area contributed by atoms with E-state index in [0.717, 1.165) is 31.5 Å². The summed E-state index contributed by atoms with van der Waals surface area (Å²) in [5.41, 5.74) is 13.4. The Hall–Kier alpha value is -2.30. The van der Waals surface area contributed by atoms with Gasteiger partial charge in [-0.05, 0) is 56.5 Å². The van der Waals surface area contributed by atoms with Gasteiger partial charge in [0.2, 0.25) is 0 Å². The molecule has 9 nitrogen and oxygen atoms in total. The Labute approximate surface area is 168 Å². The van der Waals surface area contributed by atoms with Gasteiger partial charge in [0.05, 0.1) is 12.0 Å². The summed E-state index contributed by atoms with van der Waals surface area (Å²) in [4.78, 5) is 11.5. The Morgan fingerprint density at radius 2 is 1.96 bits per heavy atom. The quantitative estimate of drug-likeness (QED) is 0.238. The summed E-state index contributed by atoms with van der Waals surface area (Å²) in [7, 11) is 0. The molecule has 0 atom stereocenters. The highest BCUT2D eigenvalue weighted by Gasteiger charge is 2.20. The smallest absolute Gasteiger partial charge is 0.389 e. The van der Waals surface area contributed by atoms with Gasteiger partial charge in [-0.2, -0.15) is 4.99 Å². The largest absolute Gasteiger partial charge is 0.402 e. The Balaban J connectivity index is 2.43. The van der Waals surface area contributed by atoms with E-state index in [9.17, 15) is 0 Å². The number of nitrogens with one attached hydrogen (secondary N) is 1. The maximum Gasteiger partial charge on any atom is 0.389 e. The number of aliphatic hydroxyl groups is 3. The molecule has 0 aromatic heterocycles. The van der Waals surface area contributed by atoms with Crippen LogP contribution >= 0.6 is 11.6 Å². The lowest BCUT2D eigenvalue weighted by atomic mass is 9.89. The first kappa shape index (κ1) is 22.0. The SMILES string of the molecule is C/C(N)=C/C(N=Cc1cc(Cl)c(C2CCNCC2)cc1N=CN)=N/C(O)(O)O. The lowest BCUT2D eigenvalue weighted by Crippen LogP contribution is -2.26. The summed E-state index contributed by atoms with van der Waals surface area (Å²) in [6.45, 7) is 3.42. The number of aliphatic imine (C=N–C) groups is 3. The van der Waals surface area contributed by atoms with E-state index < -0.39 is 6.10 Å². The van der Waals surface area contributed by atoms with Crippen LogP contribution in [0.2, 0.25) is 5.02 Å². The van der Waals surface area contributed by atoms with E-state index in [1.807, 2.05) is 6.07 Å². The summed E-state index contributed by atoms with van der Waals surface area (Å²) >= 11 is 6.49. The summed E-state index contributed by atoms with van der Waals surface area (Å²) in [5.74, 6) is 0.124. The van der Waals surface area contributed by atoms with Gasteiger partial charge in [0.25, 0.3) is 0 Å². The van der Waals surface area contributed by atoms with Crippen molar-refractivity contribution in [2.24, 2.45) is 26.4 Å². The fourth-order valence-corrected chi connectivity index (χ4v) is 3.25. The van der Waals surface area contributed by atoms with Crippen molar-refractivity contribution in [1.82, 2.24) is 5.32 Å². The molecule has 1 saturated heterocycles. The lowest BCUT2D eigenvalue weighted by molar-refractivity contribution is -0.304. The molecule has 1 aromatic rings. The highest BCUT2D eigenvalue weighted by molar-refractivity contribution is 6.32. The van der Waals surface area contributed by atoms with E-state index in [-0.39, 0.29) is 5.84 Å². The molecule has 1 aliphatic heterocycles. The van der Waals surface area contributed by atoms with E-state index >= 15 is 0 Å². The van der Waals surface area contributed by atoms with Crippen molar-refractivity contribution in [2.75, 3.05) is 13.1 Å². The second-order valence-electron chi connectivity index (χ2n) is 6.45. The maximum absolute atomic E-state index is 9.08. The zero-order valence-electron chi connectivity index (χ0n) is 15.5. The molecule has 0 spiro atoms. The van der Waals surface area contributed by atoms with Crippen molar-refractivity contribution in [3.05, 3.63) is 40.1 Å². The molecule has 0 bridgehead atoms. The Bertz CT molecular complexity index is 804. The van der Waals surface area contributed by atoms with E-state index in [2.05, 4.69) is 20.3 Å². The zero-order chi connectivity index (χ0) is 20.7. The lowest BCUT2D eigenvalue weighted by Gasteiger charge is -2.24. The number of hydrogen-bond acceptors (Lipinski definition) is 7. The molecule has 0 unspecified atom stereocenters. The number of hydrogen-bond donors (Lipinski definition) is 6. The van der Waals surface area contributed by atoms with Crippen LogP contribution in [0, 0.1) is 0 Å². The van der Waals surface area contributed by atoms with Crippen LogP contribution in [0.25, 0.3) is 0 Å². The number of allylic oxidation sites excluding steroid dienone is 1. The third-order valence-electron chi connectivity index (χ3n) is 4.10. The monoisotopic (exact) mass is 408 g/mol. The minimum Gasteiger partial charge on any atom is -0.402 e. The van der Waals surface area contributed by atoms with E-state index in [0.29, 0.717) is 27.9 Å². The third-order valence-corrected chi connectivity index (χ3v) is 4.42. The van der Waals surface area contributed by atoms with E-state index in [1.165, 1.54) is 18.6 Å². The summed E-state index contributed by atoms with van der Waals surface area (Å²) in [6.07, 6.45) is 2.50. The number of amidine groups is 1. The Kier molecular flexibility index (Phi) is 7.67. The fraction of sp³-hybridized carbons (Fsp3) is 0.389. The van der Waals surface area contributed by atoms with Crippen LogP contribution in [0.5, 0.6) is 0 Å². The first-order valence-corrected chi connectivity index (χ1v) is 9.10. The van der Waals surface area contributed by atoms with Gasteiger partial charge in [-0.3, -0.25) is 0 Å². The number of nitrogens with zero attached hydrogens (tertiary/aromatic N) is 3. The predicted octanol–water partition coefficient (Wildman–Crippen LogP) is 0.694. The van der Waals surface area contributed by atoms with Crippen LogP contribution in [0.15, 0.2) is 38.9 Å². The minimum absolute atomic E-state index is 0.200. The van der Waals surface area contributed by atoms with E-state index in [1.54, 1.807) is 13.0 Å². The van der Waals surface area contributed by atoms with Gasteiger partial charge in [-0.15, -0.1) is 0 Å². The molecule has 28 heavy (non-hydrogen) atoms. The molecular formula is C18H25ClN6O3. The Morgan fingerprint density at radius 1 is 1.29 bits per heavy atom. The molecule has 2 rings (SSSR count). The standard InChI is InChI=1S/C18H25ClN6O3/c1-11(21)6-17(25-18(26,27)28)23-9-13-7-15(19)14(8-16(13)24-10-20)12-2-4-22-5-3-12/h6-10,12,22,26-28H,2-5,21H2,1H3,(H2,20,24)/b11-6-,23-9?,25-17-. The normalized spacial score (nSPS) is 17.8. The second-order valence-corrected chi connectivity index (χ2v) is 6.86. The number of nitrogens with two attached hydrogens (primary N) is 2. The van der Waals surface area contributed by atoms with Gasteiger partial charge >= 0.3 is 6.10 Å². The van der Waals surface area contributed by atoms with Gasteiger partial charge < -0.3 is 32.1 Å². The average Bonchev–Trinajstić information content (AvgIpc) is 2.60. The number of halogens is 1. The molecule has 1 fully saturated rings. The molecule has 1 aliphatic rings. The van der Waals surface area contributed by atoms with Gasteiger partial charge in [0.15, 0.2) is 5.84 Å². The highest BCUT2D eigenvalue weighted by atomic mass is 35.5. The van der Waals surface area contributed by atoms with Crippen LogP contribution in [0.4, 0.5) is 5.69 Å². The van der Waals surface area contributed by atoms with Gasteiger partial charge in [0, 0.05) is 28.6 Å². The predicted molar refractivity (Wildman–Crippen MR) is 111 cm³/mol. The number of rotatable bonds is 5. The molecule has 152 valence electrons. The molecule has 10 heteroatoms. The first-order valence-electron chi connectivity index (χ1n) is 8.73. The molecule has 0 saturated carbocycles. The number of benzene rings is 1. The van der Waals surface area contributed by atoms with Crippen molar-refractivity contribution in [2.45, 2.75) is 31.8 Å². The first-order chi connectivity index (χ1) is 13.2. The van der Waals surface area contributed by atoms with Crippen molar-refractivity contribution in [3.63, 3.8) is 0 Å². The van der Waals surface area contributed by atoms with Crippen LogP contribution < -0.4 is 16.8 Å². The zero-order valence-corrected chi connectivity index (χ0v) is 16.3. The summed E-state index contributed by atoms with van der Waals surface area (Å²) < 4.78 is 0. The molecule has 0 radical (unpaired) electrons.